The van der Waals surface area contributed by atoms with Crippen molar-refractivity contribution in [3.05, 3.63) is 129 Å². The number of benzene rings is 3. The van der Waals surface area contributed by atoms with Gasteiger partial charge in [0.25, 0.3) is 14.1 Å². The van der Waals surface area contributed by atoms with Gasteiger partial charge in [-0.15, -0.1) is 0 Å². The fraction of sp³-hybridized carbons (Fsp3) is 0.607. The lowest BCUT2D eigenvalue weighted by Gasteiger charge is -2.39. The summed E-state index contributed by atoms with van der Waals surface area (Å²) >= 11 is 0. The molecule has 5 atom stereocenters. The van der Waals surface area contributed by atoms with E-state index in [4.69, 9.17) is 32.7 Å². The Hall–Kier alpha value is -4.91. The Labute approximate surface area is 460 Å². The van der Waals surface area contributed by atoms with Gasteiger partial charge in [-0.25, -0.2) is 9.46 Å². The van der Waals surface area contributed by atoms with Crippen LogP contribution in [0.25, 0.3) is 0 Å². The summed E-state index contributed by atoms with van der Waals surface area (Å²) in [7, 11) is 1.31. The second kappa shape index (κ2) is 34.2. The Morgan fingerprint density at radius 3 is 1.70 bits per heavy atom. The second-order valence-corrected chi connectivity index (χ2v) is 22.0. The molecule has 0 spiro atoms. The summed E-state index contributed by atoms with van der Waals surface area (Å²) in [4.78, 5) is 45.6. The third-order valence-corrected chi connectivity index (χ3v) is 16.4. The zero-order valence-electron chi connectivity index (χ0n) is 47.5. The van der Waals surface area contributed by atoms with Crippen molar-refractivity contribution in [2.75, 3.05) is 47.1 Å². The fourth-order valence-electron chi connectivity index (χ4n) is 10.2. The molecule has 15 nitrogen and oxygen atoms in total. The molecule has 0 saturated carbocycles. The smallest absolute Gasteiger partial charge is 0.330 e. The molecule has 0 bridgehead atoms. The molecule has 1 amide bonds. The van der Waals surface area contributed by atoms with E-state index in [0.29, 0.717) is 24.6 Å². The molecule has 1 aliphatic rings. The fourth-order valence-corrected chi connectivity index (χ4v) is 11.9. The van der Waals surface area contributed by atoms with Crippen LogP contribution in [-0.4, -0.2) is 103 Å². The number of nitrogens with one attached hydrogen (secondary N) is 1. The lowest BCUT2D eigenvalue weighted by molar-refractivity contribution is -0.143. The van der Waals surface area contributed by atoms with Crippen molar-refractivity contribution in [2.45, 2.75) is 193 Å². The minimum absolute atomic E-state index is 0.0594. The Morgan fingerprint density at radius 1 is 0.714 bits per heavy atom. The number of ether oxygens (including phenoxy) is 5. The number of carbonyl (C=O) groups is 1. The van der Waals surface area contributed by atoms with Gasteiger partial charge >= 0.3 is 5.69 Å². The highest BCUT2D eigenvalue weighted by atomic mass is 31.2. The summed E-state index contributed by atoms with van der Waals surface area (Å²) in [6.45, 7) is 13.6. The van der Waals surface area contributed by atoms with Gasteiger partial charge in [-0.2, -0.15) is 5.26 Å². The van der Waals surface area contributed by atoms with Crippen molar-refractivity contribution < 1.29 is 37.5 Å². The number of amides is 1. The summed E-state index contributed by atoms with van der Waals surface area (Å²) < 4.78 is 49.8. The molecule has 16 heteroatoms. The van der Waals surface area contributed by atoms with Gasteiger partial charge in [0.15, 0.2) is 6.23 Å². The number of aromatic amines is 1. The first-order chi connectivity index (χ1) is 37.4. The monoisotopic (exact) mass is 1080 g/mol. The molecule has 5 rings (SSSR count). The number of nitrogens with zero attached hydrogens (tertiary/aromatic N) is 4. The number of nitriles is 1. The van der Waals surface area contributed by atoms with Crippen LogP contribution in [0.2, 0.25) is 0 Å². The SMILES string of the molecule is CCCCCCCCCCN(CCCCCCCCCC)C(=O)CO[C@@H]1[C@H](OP(OCCC#N)N(C(C)C)C(C)C)[C@@H](COC(c2ccccc2)(c2ccc(OC)cc2)c2ccc(OC)cc2)O[C@H]1n1ccc(=O)[nH]c1=O. The van der Waals surface area contributed by atoms with E-state index in [2.05, 4.69) is 57.3 Å². The summed E-state index contributed by atoms with van der Waals surface area (Å²) in [5.41, 5.74) is -0.168. The first kappa shape index (κ1) is 62.9. The molecule has 424 valence electrons. The molecule has 1 saturated heterocycles. The Kier molecular flexibility index (Phi) is 27.9. The second-order valence-electron chi connectivity index (χ2n) is 20.6. The van der Waals surface area contributed by atoms with Crippen LogP contribution in [0.1, 0.15) is 174 Å². The molecule has 1 aromatic heterocycles. The van der Waals surface area contributed by atoms with Crippen molar-refractivity contribution in [1.29, 1.82) is 5.26 Å². The van der Waals surface area contributed by atoms with Crippen molar-refractivity contribution in [2.24, 2.45) is 0 Å². The van der Waals surface area contributed by atoms with Crippen LogP contribution in [0, 0.1) is 11.3 Å². The molecule has 1 aliphatic heterocycles. The number of hydrogen-bond acceptors (Lipinski definition) is 12. The highest BCUT2D eigenvalue weighted by Gasteiger charge is 2.52. The van der Waals surface area contributed by atoms with E-state index in [9.17, 15) is 19.6 Å². The number of hydrogen-bond donors (Lipinski definition) is 1. The molecule has 0 aliphatic carbocycles. The van der Waals surface area contributed by atoms with Gasteiger partial charge in [-0.05, 0) is 81.5 Å². The van der Waals surface area contributed by atoms with E-state index >= 15 is 0 Å². The molecular formula is C61H90N5O10P. The minimum atomic E-state index is -1.94. The molecule has 1 fully saturated rings. The van der Waals surface area contributed by atoms with E-state index < -0.39 is 49.9 Å². The number of carbonyl (C=O) groups excluding carboxylic acids is 1. The van der Waals surface area contributed by atoms with Crippen molar-refractivity contribution in [1.82, 2.24) is 19.1 Å². The lowest BCUT2D eigenvalue weighted by Crippen LogP contribution is -2.45. The van der Waals surface area contributed by atoms with Gasteiger partial charge in [-0.3, -0.25) is 19.1 Å². The topological polar surface area (TPSA) is 167 Å². The quantitative estimate of drug-likeness (QED) is 0.0257. The van der Waals surface area contributed by atoms with Gasteiger partial charge in [0.05, 0.1) is 39.9 Å². The Balaban J connectivity index is 1.58. The molecule has 77 heavy (non-hydrogen) atoms. The Morgan fingerprint density at radius 2 is 1.22 bits per heavy atom. The number of rotatable bonds is 38. The van der Waals surface area contributed by atoms with E-state index in [1.165, 1.54) is 81.0 Å². The first-order valence-electron chi connectivity index (χ1n) is 28.5. The first-order valence-corrected chi connectivity index (χ1v) is 29.6. The number of aromatic nitrogens is 2. The van der Waals surface area contributed by atoms with Crippen molar-refractivity contribution in [3.8, 4) is 17.6 Å². The molecule has 0 radical (unpaired) electrons. The van der Waals surface area contributed by atoms with Crippen LogP contribution in [-0.2, 0) is 33.7 Å². The summed E-state index contributed by atoms with van der Waals surface area (Å²) in [6, 6.07) is 28.7. The molecule has 1 N–H and O–H groups in total. The third-order valence-electron chi connectivity index (χ3n) is 14.2. The van der Waals surface area contributed by atoms with E-state index in [1.54, 1.807) is 14.2 Å². The molecular weight excluding hydrogens is 994 g/mol. The lowest BCUT2D eigenvalue weighted by atomic mass is 9.80. The normalized spacial score (nSPS) is 17.0. The predicted molar refractivity (Wildman–Crippen MR) is 305 cm³/mol. The largest absolute Gasteiger partial charge is 0.497 e. The van der Waals surface area contributed by atoms with Crippen LogP contribution in [0.3, 0.4) is 0 Å². The predicted octanol–water partition coefficient (Wildman–Crippen LogP) is 12.6. The highest BCUT2D eigenvalue weighted by Crippen LogP contribution is 2.51. The number of methoxy groups -OCH3 is 2. The highest BCUT2D eigenvalue weighted by molar-refractivity contribution is 7.44. The van der Waals surface area contributed by atoms with Crippen LogP contribution in [0.15, 0.2) is 101 Å². The maximum atomic E-state index is 14.7. The average molecular weight is 1080 g/mol. The van der Waals surface area contributed by atoms with Crippen LogP contribution < -0.4 is 20.7 Å². The van der Waals surface area contributed by atoms with E-state index in [1.807, 2.05) is 83.8 Å². The third kappa shape index (κ3) is 18.9. The number of unbranched alkanes of at least 4 members (excludes halogenated alkanes) is 14. The molecule has 2 heterocycles. The summed E-state index contributed by atoms with van der Waals surface area (Å²) in [5, 5.41) is 9.66. The summed E-state index contributed by atoms with van der Waals surface area (Å²) in [5.74, 6) is 1.17. The van der Waals surface area contributed by atoms with Gasteiger partial charge in [0.2, 0.25) is 5.91 Å². The average Bonchev–Trinajstić information content (AvgIpc) is 3.79. The van der Waals surface area contributed by atoms with E-state index in [-0.39, 0.29) is 44.2 Å². The standard InChI is InChI=1S/C61H90N5O10P/c1-9-11-13-15-17-19-21-26-41-64(42-27-22-20-18-16-14-12-10-2)56(68)46-72-58-57(76-77(74-44-28-40-62)66(47(3)4)48(5)6)54(75-59(58)65-43-39-55(67)63-60(65)69)45-73-61(49-29-24-23-25-30-49,50-31-35-52(70-7)36-32-50)51-33-37-53(71-8)38-34-51/h23-25,29-39,43,47-48,54,57-59H,9-22,26-28,41-42,44-46H2,1-8H3,(H,63,67,69)/t54-,57-,58-,59-,77?/m1/s1. The van der Waals surface area contributed by atoms with E-state index in [0.717, 1.165) is 55.2 Å². The maximum absolute atomic E-state index is 14.7. The number of H-pyrrole nitrogens is 1. The van der Waals surface area contributed by atoms with Crippen LogP contribution in [0.4, 0.5) is 0 Å². The molecule has 3 aromatic carbocycles. The zero-order chi connectivity index (χ0) is 55.4. The van der Waals surface area contributed by atoms with Gasteiger partial charge < -0.3 is 37.6 Å². The minimum Gasteiger partial charge on any atom is -0.497 e. The van der Waals surface area contributed by atoms with Crippen LogP contribution in [0.5, 0.6) is 11.5 Å². The zero-order valence-corrected chi connectivity index (χ0v) is 48.4. The van der Waals surface area contributed by atoms with Crippen molar-refractivity contribution in [3.63, 3.8) is 0 Å². The van der Waals surface area contributed by atoms with Crippen LogP contribution >= 0.6 is 8.53 Å². The van der Waals surface area contributed by atoms with Gasteiger partial charge in [0, 0.05) is 37.4 Å². The molecule has 1 unspecified atom stereocenters. The van der Waals surface area contributed by atoms with Gasteiger partial charge in [-0.1, -0.05) is 158 Å². The maximum Gasteiger partial charge on any atom is 0.330 e. The molecule has 4 aromatic rings. The Bertz CT molecular complexity index is 2350. The summed E-state index contributed by atoms with van der Waals surface area (Å²) in [6.07, 6.45) is 15.6. The van der Waals surface area contributed by atoms with Gasteiger partial charge in [0.1, 0.15) is 42.0 Å². The van der Waals surface area contributed by atoms with Crippen molar-refractivity contribution >= 4 is 14.4 Å².